The third-order valence-electron chi connectivity index (χ3n) is 5.50. The highest BCUT2D eigenvalue weighted by molar-refractivity contribution is 9.10. The van der Waals surface area contributed by atoms with E-state index in [0.717, 1.165) is 27.4 Å². The summed E-state index contributed by atoms with van der Waals surface area (Å²) in [5.74, 6) is 1.53. The van der Waals surface area contributed by atoms with Gasteiger partial charge in [0.1, 0.15) is 12.4 Å². The molecule has 6 nitrogen and oxygen atoms in total. The molecule has 0 aliphatic carbocycles. The number of methoxy groups -OCH3 is 1. The fourth-order valence-corrected chi connectivity index (χ4v) is 4.52. The number of halogens is 3. The molecule has 0 aliphatic rings. The highest BCUT2D eigenvalue weighted by atomic mass is 79.9. The molecule has 36 heavy (non-hydrogen) atoms. The molecule has 0 saturated carbocycles. The van der Waals surface area contributed by atoms with Crippen LogP contribution in [0.15, 0.2) is 73.4 Å². The summed E-state index contributed by atoms with van der Waals surface area (Å²) in [6.07, 6.45) is 4.10. The molecule has 0 unspecified atom stereocenters. The van der Waals surface area contributed by atoms with Crippen molar-refractivity contribution in [2.45, 2.75) is 32.8 Å². The van der Waals surface area contributed by atoms with E-state index in [4.69, 9.17) is 26.1 Å². The Kier molecular flexibility index (Phi) is 8.82. The highest BCUT2D eigenvalue weighted by Crippen LogP contribution is 2.36. The van der Waals surface area contributed by atoms with E-state index in [1.165, 1.54) is 4.68 Å². The Morgan fingerprint density at radius 2 is 1.83 bits per heavy atom. The van der Waals surface area contributed by atoms with Gasteiger partial charge in [0.15, 0.2) is 11.5 Å². The van der Waals surface area contributed by atoms with Gasteiger partial charge in [-0.2, -0.15) is 9.78 Å². The van der Waals surface area contributed by atoms with Crippen LogP contribution in [0.4, 0.5) is 0 Å². The minimum Gasteiger partial charge on any atom is -0.493 e. The molecular weight excluding hydrogens is 610 g/mol. The van der Waals surface area contributed by atoms with Crippen LogP contribution in [0.5, 0.6) is 11.5 Å². The Balaban J connectivity index is 1.66. The van der Waals surface area contributed by atoms with Gasteiger partial charge in [0.2, 0.25) is 0 Å². The SMILES string of the molecule is CCCCc1nc2ccc(Br)cc2c(=O)n1N=Cc1cc(Cl)c(OCc2ccc(Br)cc2)c(OC)c1. The van der Waals surface area contributed by atoms with E-state index in [1.807, 2.05) is 36.4 Å². The fourth-order valence-electron chi connectivity index (χ4n) is 3.63. The quantitative estimate of drug-likeness (QED) is 0.180. The minimum absolute atomic E-state index is 0.226. The van der Waals surface area contributed by atoms with Gasteiger partial charge in [-0.3, -0.25) is 4.79 Å². The van der Waals surface area contributed by atoms with Crippen LogP contribution in [0.3, 0.4) is 0 Å². The molecule has 186 valence electrons. The molecular formula is C27H24Br2ClN3O3. The van der Waals surface area contributed by atoms with E-state index in [2.05, 4.69) is 43.9 Å². The summed E-state index contributed by atoms with van der Waals surface area (Å²) in [5.41, 5.74) is 2.08. The summed E-state index contributed by atoms with van der Waals surface area (Å²) in [6, 6.07) is 16.8. The van der Waals surface area contributed by atoms with Crippen molar-refractivity contribution in [1.82, 2.24) is 9.66 Å². The Labute approximate surface area is 231 Å². The zero-order valence-corrected chi connectivity index (χ0v) is 23.7. The maximum atomic E-state index is 13.3. The number of rotatable bonds is 9. The van der Waals surface area contributed by atoms with Crippen molar-refractivity contribution in [2.75, 3.05) is 7.11 Å². The van der Waals surface area contributed by atoms with Crippen LogP contribution in [0.1, 0.15) is 36.7 Å². The lowest BCUT2D eigenvalue weighted by Gasteiger charge is -2.13. The van der Waals surface area contributed by atoms with Gasteiger partial charge in [-0.15, -0.1) is 0 Å². The van der Waals surface area contributed by atoms with Gasteiger partial charge >= 0.3 is 0 Å². The Bertz CT molecular complexity index is 1470. The molecule has 0 saturated heterocycles. The third kappa shape index (κ3) is 6.17. The van der Waals surface area contributed by atoms with E-state index in [-0.39, 0.29) is 5.56 Å². The number of nitrogens with zero attached hydrogens (tertiary/aromatic N) is 3. The average molecular weight is 634 g/mol. The second kappa shape index (κ2) is 12.0. The monoisotopic (exact) mass is 631 g/mol. The van der Waals surface area contributed by atoms with E-state index in [1.54, 1.807) is 31.5 Å². The second-order valence-corrected chi connectivity index (χ2v) is 10.3. The molecule has 4 rings (SSSR count). The topological polar surface area (TPSA) is 65.7 Å². The number of hydrogen-bond donors (Lipinski definition) is 0. The molecule has 0 aliphatic heterocycles. The molecule has 4 aromatic rings. The largest absolute Gasteiger partial charge is 0.493 e. The summed E-state index contributed by atoms with van der Waals surface area (Å²) < 4.78 is 14.7. The first-order valence-corrected chi connectivity index (χ1v) is 13.4. The van der Waals surface area contributed by atoms with Gasteiger partial charge < -0.3 is 9.47 Å². The summed E-state index contributed by atoms with van der Waals surface area (Å²) in [7, 11) is 1.55. The molecule has 1 aromatic heterocycles. The first kappa shape index (κ1) is 26.4. The van der Waals surface area contributed by atoms with Crippen molar-refractivity contribution in [2.24, 2.45) is 5.10 Å². The van der Waals surface area contributed by atoms with E-state index < -0.39 is 0 Å². The predicted molar refractivity (Wildman–Crippen MR) is 152 cm³/mol. The molecule has 0 fully saturated rings. The number of benzene rings is 3. The van der Waals surface area contributed by atoms with E-state index in [9.17, 15) is 4.79 Å². The molecule has 3 aromatic carbocycles. The lowest BCUT2D eigenvalue weighted by Crippen LogP contribution is -2.22. The number of fused-ring (bicyclic) bond motifs is 1. The predicted octanol–water partition coefficient (Wildman–Crippen LogP) is 7.39. The molecule has 0 radical (unpaired) electrons. The average Bonchev–Trinajstić information content (AvgIpc) is 2.87. The van der Waals surface area contributed by atoms with Crippen molar-refractivity contribution in [3.8, 4) is 11.5 Å². The molecule has 0 amide bonds. The van der Waals surface area contributed by atoms with Crippen LogP contribution < -0.4 is 15.0 Å². The van der Waals surface area contributed by atoms with Crippen LogP contribution in [0.25, 0.3) is 10.9 Å². The van der Waals surface area contributed by atoms with Gasteiger partial charge in [-0.25, -0.2) is 4.98 Å². The van der Waals surface area contributed by atoms with E-state index >= 15 is 0 Å². The van der Waals surface area contributed by atoms with E-state index in [0.29, 0.717) is 51.8 Å². The molecule has 1 heterocycles. The van der Waals surface area contributed by atoms with Crippen molar-refractivity contribution < 1.29 is 9.47 Å². The zero-order valence-electron chi connectivity index (χ0n) is 19.8. The Morgan fingerprint density at radius 1 is 1.08 bits per heavy atom. The first-order chi connectivity index (χ1) is 17.4. The van der Waals surface area contributed by atoms with Gasteiger partial charge in [0.05, 0.1) is 29.2 Å². The third-order valence-corrected chi connectivity index (χ3v) is 6.80. The van der Waals surface area contributed by atoms with Crippen LogP contribution in [-0.2, 0) is 13.0 Å². The minimum atomic E-state index is -0.226. The van der Waals surface area contributed by atoms with Crippen LogP contribution in [0.2, 0.25) is 5.02 Å². The lowest BCUT2D eigenvalue weighted by molar-refractivity contribution is 0.284. The van der Waals surface area contributed by atoms with Crippen LogP contribution in [-0.4, -0.2) is 23.0 Å². The fraction of sp³-hybridized carbons (Fsp3) is 0.222. The van der Waals surface area contributed by atoms with Crippen LogP contribution in [0, 0.1) is 0 Å². The standard InChI is InChI=1S/C27H24Br2ClN3O3/c1-3-4-5-25-32-23-11-10-20(29)14-21(23)27(34)33(25)31-15-18-12-22(30)26(24(13-18)35-2)36-16-17-6-8-19(28)9-7-17/h6-15H,3-5,16H2,1-2H3. The zero-order chi connectivity index (χ0) is 25.7. The molecule has 0 N–H and O–H groups in total. The van der Waals surface area contributed by atoms with Crippen molar-refractivity contribution in [1.29, 1.82) is 0 Å². The van der Waals surface area contributed by atoms with Gasteiger partial charge in [0.25, 0.3) is 5.56 Å². The number of unbranched alkanes of at least 4 members (excludes halogenated alkanes) is 1. The Hall–Kier alpha value is -2.68. The summed E-state index contributed by atoms with van der Waals surface area (Å²) in [6.45, 7) is 2.43. The van der Waals surface area contributed by atoms with Crippen LogP contribution >= 0.6 is 43.5 Å². The maximum Gasteiger partial charge on any atom is 0.282 e. The number of aromatic nitrogens is 2. The van der Waals surface area contributed by atoms with Gasteiger partial charge in [-0.1, -0.05) is 68.9 Å². The summed E-state index contributed by atoms with van der Waals surface area (Å²) in [5, 5.41) is 5.37. The summed E-state index contributed by atoms with van der Waals surface area (Å²) in [4.78, 5) is 18.0. The Morgan fingerprint density at radius 3 is 2.56 bits per heavy atom. The second-order valence-electron chi connectivity index (χ2n) is 8.10. The molecule has 0 atom stereocenters. The van der Waals surface area contributed by atoms with Crippen molar-refractivity contribution >= 4 is 60.6 Å². The van der Waals surface area contributed by atoms with Gasteiger partial charge in [0, 0.05) is 15.4 Å². The van der Waals surface area contributed by atoms with Crippen molar-refractivity contribution in [3.63, 3.8) is 0 Å². The number of aryl methyl sites for hydroxylation is 1. The molecule has 0 spiro atoms. The molecule has 9 heteroatoms. The van der Waals surface area contributed by atoms with Crippen molar-refractivity contribution in [3.05, 3.63) is 95.9 Å². The van der Waals surface area contributed by atoms with Gasteiger partial charge in [-0.05, 0) is 60.0 Å². The summed E-state index contributed by atoms with van der Waals surface area (Å²) >= 11 is 13.4. The lowest BCUT2D eigenvalue weighted by atomic mass is 10.2. The number of hydrogen-bond acceptors (Lipinski definition) is 5. The highest BCUT2D eigenvalue weighted by Gasteiger charge is 2.14. The maximum absolute atomic E-state index is 13.3. The first-order valence-electron chi connectivity index (χ1n) is 11.4. The normalized spacial score (nSPS) is 11.4. The number of ether oxygens (including phenoxy) is 2. The smallest absolute Gasteiger partial charge is 0.282 e. The molecule has 0 bridgehead atoms.